The third kappa shape index (κ3) is 7.62. The van der Waals surface area contributed by atoms with Gasteiger partial charge in [0.1, 0.15) is 31.7 Å². The van der Waals surface area contributed by atoms with Crippen molar-refractivity contribution in [2.24, 2.45) is 11.0 Å². The Kier molecular flexibility index (Phi) is 9.29. The van der Waals surface area contributed by atoms with Crippen LogP contribution in [0.25, 0.3) is 0 Å². The molecule has 0 saturated heterocycles. The SMILES string of the molecule is C=CCOc1ccccc1OCC(O)CNCCOc1ccc(C2=NNC(=O)CC2C)cc1. The quantitative estimate of drug-likeness (QED) is 0.318. The number of nitrogens with one attached hydrogen (secondary N) is 2. The van der Waals surface area contributed by atoms with Crippen LogP contribution in [0.3, 0.4) is 0 Å². The van der Waals surface area contributed by atoms with E-state index in [9.17, 15) is 9.90 Å². The number of aliphatic hydroxyl groups is 1. The number of carbonyl (C=O) groups excluding carboxylic acids is 1. The molecule has 1 heterocycles. The standard InChI is InChI=1S/C25H31N3O5/c1-3-13-32-22-6-4-5-7-23(22)33-17-20(29)16-26-12-14-31-21-10-8-19(9-11-21)25-18(2)15-24(30)27-28-25/h3-11,18,20,26,29H,1,12-17H2,2H3,(H,27,30). The molecule has 2 unspecified atom stereocenters. The summed E-state index contributed by atoms with van der Waals surface area (Å²) in [7, 11) is 0. The van der Waals surface area contributed by atoms with E-state index in [2.05, 4.69) is 22.4 Å². The predicted octanol–water partition coefficient (Wildman–Crippen LogP) is 2.52. The first-order valence-electron chi connectivity index (χ1n) is 11.0. The Morgan fingerprint density at radius 2 is 1.91 bits per heavy atom. The van der Waals surface area contributed by atoms with E-state index in [0.29, 0.717) is 44.2 Å². The molecule has 0 fully saturated rings. The van der Waals surface area contributed by atoms with Crippen LogP contribution < -0.4 is 25.0 Å². The number of hydrogen-bond donors (Lipinski definition) is 3. The van der Waals surface area contributed by atoms with Crippen LogP contribution in [0.15, 0.2) is 66.3 Å². The zero-order valence-electron chi connectivity index (χ0n) is 18.8. The molecule has 0 aromatic heterocycles. The summed E-state index contributed by atoms with van der Waals surface area (Å²) in [5.74, 6) is 1.97. The molecule has 3 rings (SSSR count). The molecule has 0 aliphatic carbocycles. The maximum atomic E-state index is 11.4. The van der Waals surface area contributed by atoms with Crippen molar-refractivity contribution >= 4 is 11.6 Å². The van der Waals surface area contributed by atoms with E-state index in [4.69, 9.17) is 14.2 Å². The van der Waals surface area contributed by atoms with Gasteiger partial charge in [-0.05, 0) is 42.0 Å². The maximum Gasteiger partial charge on any atom is 0.240 e. The number of para-hydroxylation sites is 2. The number of nitrogens with zero attached hydrogens (tertiary/aromatic N) is 1. The van der Waals surface area contributed by atoms with Gasteiger partial charge in [0.25, 0.3) is 0 Å². The molecule has 0 spiro atoms. The number of carbonyl (C=O) groups is 1. The van der Waals surface area contributed by atoms with Crippen LogP contribution in [-0.2, 0) is 4.79 Å². The summed E-state index contributed by atoms with van der Waals surface area (Å²) in [4.78, 5) is 11.4. The second-order valence-electron chi connectivity index (χ2n) is 7.73. The van der Waals surface area contributed by atoms with Crippen LogP contribution >= 0.6 is 0 Å². The second-order valence-corrected chi connectivity index (χ2v) is 7.73. The van der Waals surface area contributed by atoms with Gasteiger partial charge in [-0.1, -0.05) is 31.7 Å². The van der Waals surface area contributed by atoms with Crippen molar-refractivity contribution in [1.29, 1.82) is 0 Å². The number of ether oxygens (including phenoxy) is 3. The lowest BCUT2D eigenvalue weighted by Gasteiger charge is -2.19. The van der Waals surface area contributed by atoms with Gasteiger partial charge in [-0.3, -0.25) is 4.79 Å². The zero-order chi connectivity index (χ0) is 23.5. The number of hydrogen-bond acceptors (Lipinski definition) is 7. The largest absolute Gasteiger partial charge is 0.492 e. The summed E-state index contributed by atoms with van der Waals surface area (Å²) < 4.78 is 17.0. The Bertz CT molecular complexity index is 945. The summed E-state index contributed by atoms with van der Waals surface area (Å²) in [6.45, 7) is 7.57. The van der Waals surface area contributed by atoms with E-state index in [1.54, 1.807) is 12.1 Å². The van der Waals surface area contributed by atoms with Gasteiger partial charge in [0.05, 0.1) is 5.71 Å². The molecule has 1 aliphatic heterocycles. The van der Waals surface area contributed by atoms with E-state index >= 15 is 0 Å². The lowest BCUT2D eigenvalue weighted by Crippen LogP contribution is -2.33. The average Bonchev–Trinajstić information content (AvgIpc) is 2.82. The molecule has 8 heteroatoms. The van der Waals surface area contributed by atoms with Crippen molar-refractivity contribution < 1.29 is 24.1 Å². The molecule has 8 nitrogen and oxygen atoms in total. The molecule has 176 valence electrons. The average molecular weight is 454 g/mol. The highest BCUT2D eigenvalue weighted by molar-refractivity contribution is 6.05. The molecule has 0 bridgehead atoms. The van der Waals surface area contributed by atoms with Crippen molar-refractivity contribution in [3.8, 4) is 17.2 Å². The van der Waals surface area contributed by atoms with Gasteiger partial charge in [0, 0.05) is 25.4 Å². The minimum atomic E-state index is -0.671. The van der Waals surface area contributed by atoms with Gasteiger partial charge in [-0.25, -0.2) is 5.43 Å². The van der Waals surface area contributed by atoms with E-state index in [0.717, 1.165) is 17.0 Å². The molecular weight excluding hydrogens is 422 g/mol. The van der Waals surface area contributed by atoms with Gasteiger partial charge in [-0.15, -0.1) is 0 Å². The number of benzene rings is 2. The normalized spacial score (nSPS) is 16.4. The smallest absolute Gasteiger partial charge is 0.240 e. The van der Waals surface area contributed by atoms with Crippen LogP contribution in [0.4, 0.5) is 0 Å². The van der Waals surface area contributed by atoms with Crippen LogP contribution in [0.1, 0.15) is 18.9 Å². The lowest BCUT2D eigenvalue weighted by atomic mass is 9.94. The van der Waals surface area contributed by atoms with Gasteiger partial charge < -0.3 is 24.6 Å². The van der Waals surface area contributed by atoms with Gasteiger partial charge in [-0.2, -0.15) is 5.10 Å². The van der Waals surface area contributed by atoms with Crippen molar-refractivity contribution in [3.05, 3.63) is 66.7 Å². The van der Waals surface area contributed by atoms with Crippen molar-refractivity contribution in [2.45, 2.75) is 19.4 Å². The predicted molar refractivity (Wildman–Crippen MR) is 127 cm³/mol. The number of aliphatic hydroxyl groups excluding tert-OH is 1. The Hall–Kier alpha value is -3.36. The Balaban J connectivity index is 1.34. The lowest BCUT2D eigenvalue weighted by molar-refractivity contribution is -0.121. The molecule has 1 amide bonds. The molecule has 2 aromatic carbocycles. The minimum Gasteiger partial charge on any atom is -0.492 e. The first-order valence-corrected chi connectivity index (χ1v) is 11.0. The van der Waals surface area contributed by atoms with Crippen LogP contribution in [0.2, 0.25) is 0 Å². The number of hydrazone groups is 1. The van der Waals surface area contributed by atoms with Crippen LogP contribution in [-0.4, -0.2) is 55.7 Å². The molecule has 3 N–H and O–H groups in total. The highest BCUT2D eigenvalue weighted by atomic mass is 16.5. The topological polar surface area (TPSA) is 101 Å². The molecular formula is C25H31N3O5. The summed E-state index contributed by atoms with van der Waals surface area (Å²) in [6, 6.07) is 15.0. The fourth-order valence-corrected chi connectivity index (χ4v) is 3.32. The summed E-state index contributed by atoms with van der Waals surface area (Å²) >= 11 is 0. The zero-order valence-corrected chi connectivity index (χ0v) is 18.8. The van der Waals surface area contributed by atoms with Crippen molar-refractivity contribution in [3.63, 3.8) is 0 Å². The molecule has 2 atom stereocenters. The highest BCUT2D eigenvalue weighted by Gasteiger charge is 2.21. The molecule has 2 aromatic rings. The summed E-state index contributed by atoms with van der Waals surface area (Å²) in [5, 5.41) is 17.5. The van der Waals surface area contributed by atoms with E-state index < -0.39 is 6.10 Å². The summed E-state index contributed by atoms with van der Waals surface area (Å²) in [6.07, 6.45) is 1.43. The van der Waals surface area contributed by atoms with Gasteiger partial charge in [0.15, 0.2) is 11.5 Å². The van der Waals surface area contributed by atoms with E-state index in [-0.39, 0.29) is 18.4 Å². The van der Waals surface area contributed by atoms with Crippen molar-refractivity contribution in [1.82, 2.24) is 10.7 Å². The maximum absolute atomic E-state index is 11.4. The highest BCUT2D eigenvalue weighted by Crippen LogP contribution is 2.26. The number of amides is 1. The Morgan fingerprint density at radius 1 is 1.18 bits per heavy atom. The fraction of sp³-hybridized carbons (Fsp3) is 0.360. The second kappa shape index (κ2) is 12.6. The van der Waals surface area contributed by atoms with E-state index in [1.165, 1.54) is 0 Å². The van der Waals surface area contributed by atoms with Crippen LogP contribution in [0, 0.1) is 5.92 Å². The van der Waals surface area contributed by atoms with Gasteiger partial charge >= 0.3 is 0 Å². The Labute approximate surface area is 194 Å². The fourth-order valence-electron chi connectivity index (χ4n) is 3.32. The molecule has 0 radical (unpaired) electrons. The monoisotopic (exact) mass is 453 g/mol. The molecule has 33 heavy (non-hydrogen) atoms. The molecule has 0 saturated carbocycles. The third-order valence-electron chi connectivity index (χ3n) is 4.97. The first-order chi connectivity index (χ1) is 16.1. The summed E-state index contributed by atoms with van der Waals surface area (Å²) in [5.41, 5.74) is 4.37. The minimum absolute atomic E-state index is 0.0577. The molecule has 1 aliphatic rings. The van der Waals surface area contributed by atoms with Crippen molar-refractivity contribution in [2.75, 3.05) is 32.9 Å². The third-order valence-corrected chi connectivity index (χ3v) is 4.97. The first kappa shape index (κ1) is 24.3. The van der Waals surface area contributed by atoms with E-state index in [1.807, 2.05) is 49.4 Å². The Morgan fingerprint density at radius 3 is 2.61 bits per heavy atom. The van der Waals surface area contributed by atoms with Gasteiger partial charge in [0.2, 0.25) is 5.91 Å². The number of rotatable bonds is 13. The van der Waals surface area contributed by atoms with Crippen LogP contribution in [0.5, 0.6) is 17.2 Å².